The second-order valence-corrected chi connectivity index (χ2v) is 4.94. The highest BCUT2D eigenvalue weighted by Crippen LogP contribution is 2.18. The first-order chi connectivity index (χ1) is 9.70. The maximum absolute atomic E-state index is 12.4. The van der Waals surface area contributed by atoms with Crippen LogP contribution in [0.3, 0.4) is 0 Å². The summed E-state index contributed by atoms with van der Waals surface area (Å²) in [6.45, 7) is 1.47. The summed E-state index contributed by atoms with van der Waals surface area (Å²) in [4.78, 5) is 29.5. The second-order valence-electron chi connectivity index (χ2n) is 4.94. The van der Waals surface area contributed by atoms with Gasteiger partial charge >= 0.3 is 0 Å². The zero-order valence-corrected chi connectivity index (χ0v) is 11.3. The molecule has 1 saturated heterocycles. The van der Waals surface area contributed by atoms with Gasteiger partial charge in [0.15, 0.2) is 0 Å². The Kier molecular flexibility index (Phi) is 3.18. The maximum Gasteiger partial charge on any atom is 0.259 e. The summed E-state index contributed by atoms with van der Waals surface area (Å²) in [5.41, 5.74) is 0.662. The summed E-state index contributed by atoms with van der Waals surface area (Å²) >= 11 is 0. The molecular weight excluding hydrogens is 256 g/mol. The predicted octanol–water partition coefficient (Wildman–Crippen LogP) is 1.77. The van der Waals surface area contributed by atoms with E-state index in [9.17, 15) is 9.59 Å². The van der Waals surface area contributed by atoms with Crippen LogP contribution in [0, 0.1) is 0 Å². The van der Waals surface area contributed by atoms with Gasteiger partial charge in [0.25, 0.3) is 5.91 Å². The quantitative estimate of drug-likeness (QED) is 0.906. The lowest BCUT2D eigenvalue weighted by Crippen LogP contribution is -2.31. The number of ether oxygens (including phenoxy) is 1. The van der Waals surface area contributed by atoms with Crippen molar-refractivity contribution in [1.29, 1.82) is 0 Å². The molecule has 0 saturated carbocycles. The Morgan fingerprint density at radius 1 is 1.30 bits per heavy atom. The molecule has 1 aromatic carbocycles. The van der Waals surface area contributed by atoms with Crippen LogP contribution in [-0.2, 0) is 0 Å². The van der Waals surface area contributed by atoms with Crippen LogP contribution < -0.4 is 10.2 Å². The minimum absolute atomic E-state index is 0.179. The van der Waals surface area contributed by atoms with Gasteiger partial charge in [-0.1, -0.05) is 0 Å². The number of fused-ring (bicyclic) bond motifs is 1. The number of methoxy groups -OCH3 is 1. The molecule has 0 atom stereocenters. The molecule has 3 rings (SSSR count). The lowest BCUT2D eigenvalue weighted by Gasteiger charge is -2.14. The van der Waals surface area contributed by atoms with Gasteiger partial charge in [-0.05, 0) is 25.0 Å². The van der Waals surface area contributed by atoms with Crippen LogP contribution in [0.2, 0.25) is 0 Å². The number of pyridine rings is 1. The van der Waals surface area contributed by atoms with Crippen LogP contribution in [0.4, 0.5) is 0 Å². The lowest BCUT2D eigenvalue weighted by molar-refractivity contribution is 0.0791. The highest BCUT2D eigenvalue weighted by molar-refractivity contribution is 5.97. The number of likely N-dealkylation sites (tertiary alicyclic amines) is 1. The van der Waals surface area contributed by atoms with Crippen LogP contribution in [0.1, 0.15) is 23.2 Å². The highest BCUT2D eigenvalue weighted by Gasteiger charge is 2.22. The number of rotatable bonds is 2. The average Bonchev–Trinajstić information content (AvgIpc) is 3.01. The molecule has 0 unspecified atom stereocenters. The number of nitrogens with zero attached hydrogens (tertiary/aromatic N) is 1. The Morgan fingerprint density at radius 3 is 2.75 bits per heavy atom. The van der Waals surface area contributed by atoms with Gasteiger partial charge in [-0.2, -0.15) is 0 Å². The fourth-order valence-corrected chi connectivity index (χ4v) is 2.58. The third-order valence-corrected chi connectivity index (χ3v) is 3.71. The van der Waals surface area contributed by atoms with Crippen molar-refractivity contribution in [2.45, 2.75) is 12.8 Å². The number of nitrogens with one attached hydrogen (secondary N) is 1. The normalized spacial score (nSPS) is 14.8. The minimum atomic E-state index is -0.224. The molecule has 20 heavy (non-hydrogen) atoms. The van der Waals surface area contributed by atoms with Crippen molar-refractivity contribution in [2.75, 3.05) is 20.2 Å². The summed E-state index contributed by atoms with van der Waals surface area (Å²) in [6.07, 6.45) is 3.52. The molecule has 2 aromatic rings. The number of H-pyrrole nitrogens is 1. The van der Waals surface area contributed by atoms with E-state index in [-0.39, 0.29) is 16.9 Å². The van der Waals surface area contributed by atoms with Crippen LogP contribution >= 0.6 is 0 Å². The molecule has 1 fully saturated rings. The van der Waals surface area contributed by atoms with E-state index in [2.05, 4.69) is 4.98 Å². The maximum atomic E-state index is 12.4. The smallest absolute Gasteiger partial charge is 0.259 e. The first-order valence-corrected chi connectivity index (χ1v) is 6.69. The first-order valence-electron chi connectivity index (χ1n) is 6.69. The highest BCUT2D eigenvalue weighted by atomic mass is 16.5. The van der Waals surface area contributed by atoms with Gasteiger partial charge in [0, 0.05) is 30.7 Å². The number of carbonyl (C=O) groups is 1. The molecule has 0 bridgehead atoms. The van der Waals surface area contributed by atoms with Crippen molar-refractivity contribution in [1.82, 2.24) is 9.88 Å². The summed E-state index contributed by atoms with van der Waals surface area (Å²) in [7, 11) is 1.57. The summed E-state index contributed by atoms with van der Waals surface area (Å²) in [6, 6.07) is 5.16. The van der Waals surface area contributed by atoms with E-state index in [1.807, 2.05) is 0 Å². The third kappa shape index (κ3) is 2.05. The van der Waals surface area contributed by atoms with E-state index in [0.29, 0.717) is 16.7 Å². The van der Waals surface area contributed by atoms with Gasteiger partial charge in [-0.25, -0.2) is 0 Å². The van der Waals surface area contributed by atoms with Gasteiger partial charge in [0.05, 0.1) is 12.6 Å². The van der Waals surface area contributed by atoms with Crippen LogP contribution in [0.5, 0.6) is 5.75 Å². The fraction of sp³-hybridized carbons (Fsp3) is 0.333. The Bertz CT molecular complexity index is 715. The number of hydrogen-bond acceptors (Lipinski definition) is 3. The molecule has 1 amide bonds. The second kappa shape index (κ2) is 5.00. The molecule has 104 valence electrons. The zero-order chi connectivity index (χ0) is 14.1. The molecule has 0 aliphatic carbocycles. The number of benzene rings is 1. The summed E-state index contributed by atoms with van der Waals surface area (Å²) in [5, 5.41) is 0.510. The Morgan fingerprint density at radius 2 is 2.05 bits per heavy atom. The minimum Gasteiger partial charge on any atom is -0.497 e. The van der Waals surface area contributed by atoms with Crippen molar-refractivity contribution >= 4 is 16.8 Å². The van der Waals surface area contributed by atoms with E-state index < -0.39 is 0 Å². The largest absolute Gasteiger partial charge is 0.497 e. The van der Waals surface area contributed by atoms with Crippen LogP contribution in [0.25, 0.3) is 10.9 Å². The van der Waals surface area contributed by atoms with Crippen molar-refractivity contribution in [3.63, 3.8) is 0 Å². The number of amides is 1. The first kappa shape index (κ1) is 12.7. The fourth-order valence-electron chi connectivity index (χ4n) is 2.58. The Balaban J connectivity index is 2.07. The molecule has 5 heteroatoms. The molecule has 2 heterocycles. The van der Waals surface area contributed by atoms with Crippen molar-refractivity contribution in [3.05, 3.63) is 40.2 Å². The van der Waals surface area contributed by atoms with Gasteiger partial charge in [-0.3, -0.25) is 9.59 Å². The van der Waals surface area contributed by atoms with Gasteiger partial charge < -0.3 is 14.6 Å². The van der Waals surface area contributed by atoms with Crippen molar-refractivity contribution in [3.8, 4) is 5.75 Å². The number of carbonyl (C=O) groups excluding carboxylic acids is 1. The molecule has 0 radical (unpaired) electrons. The van der Waals surface area contributed by atoms with E-state index in [0.717, 1.165) is 25.9 Å². The molecule has 1 aliphatic rings. The number of aromatic nitrogens is 1. The van der Waals surface area contributed by atoms with Crippen LogP contribution in [0.15, 0.2) is 29.2 Å². The number of aromatic amines is 1. The molecular formula is C15H16N2O3. The summed E-state index contributed by atoms with van der Waals surface area (Å²) < 4.78 is 5.12. The van der Waals surface area contributed by atoms with E-state index in [4.69, 9.17) is 4.74 Å². The van der Waals surface area contributed by atoms with E-state index in [1.165, 1.54) is 6.20 Å². The zero-order valence-electron chi connectivity index (χ0n) is 11.3. The number of hydrogen-bond donors (Lipinski definition) is 1. The van der Waals surface area contributed by atoms with Crippen molar-refractivity contribution < 1.29 is 9.53 Å². The van der Waals surface area contributed by atoms with E-state index in [1.54, 1.807) is 30.2 Å². The monoisotopic (exact) mass is 272 g/mol. The third-order valence-electron chi connectivity index (χ3n) is 3.71. The molecule has 5 nitrogen and oxygen atoms in total. The van der Waals surface area contributed by atoms with Crippen LogP contribution in [-0.4, -0.2) is 36.0 Å². The van der Waals surface area contributed by atoms with Gasteiger partial charge in [-0.15, -0.1) is 0 Å². The Hall–Kier alpha value is -2.30. The molecule has 1 aromatic heterocycles. The van der Waals surface area contributed by atoms with Gasteiger partial charge in [0.1, 0.15) is 11.3 Å². The molecule has 1 aliphatic heterocycles. The Labute approximate surface area is 116 Å². The van der Waals surface area contributed by atoms with Crippen molar-refractivity contribution in [2.24, 2.45) is 0 Å². The molecule has 1 N–H and O–H groups in total. The molecule has 0 spiro atoms. The standard InChI is InChI=1S/C15H16N2O3/c1-20-10-4-5-11-13(8-10)16-9-12(14(11)18)15(19)17-6-2-3-7-17/h4-5,8-9H,2-3,6-7H2,1H3,(H,16,18). The average molecular weight is 272 g/mol. The SMILES string of the molecule is COc1ccc2c(=O)c(C(=O)N3CCCC3)c[nH]c2c1. The topological polar surface area (TPSA) is 62.4 Å². The predicted molar refractivity (Wildman–Crippen MR) is 76.3 cm³/mol. The van der Waals surface area contributed by atoms with E-state index >= 15 is 0 Å². The summed E-state index contributed by atoms with van der Waals surface area (Å²) in [5.74, 6) is 0.494. The van der Waals surface area contributed by atoms with Gasteiger partial charge in [0.2, 0.25) is 5.43 Å². The lowest BCUT2D eigenvalue weighted by atomic mass is 10.1.